The molecule has 1 aromatic rings. The number of carbonyl (C=O) groups is 1. The average molecular weight is 247 g/mol. The van der Waals surface area contributed by atoms with Crippen molar-refractivity contribution in [2.24, 2.45) is 11.7 Å². The summed E-state index contributed by atoms with van der Waals surface area (Å²) in [6, 6.07) is 8.31. The first-order valence-electron chi connectivity index (χ1n) is 6.61. The van der Waals surface area contributed by atoms with Crippen molar-refractivity contribution < 1.29 is 9.53 Å². The summed E-state index contributed by atoms with van der Waals surface area (Å²) >= 11 is 0. The number of amides is 1. The van der Waals surface area contributed by atoms with Crippen molar-refractivity contribution in [1.82, 2.24) is 0 Å². The Hall–Kier alpha value is -1.51. The number of nitrogens with two attached hydrogens (primary N) is 1. The van der Waals surface area contributed by atoms with Crippen LogP contribution in [0.25, 0.3) is 0 Å². The van der Waals surface area contributed by atoms with Crippen LogP contribution in [0.15, 0.2) is 24.3 Å². The maximum Gasteiger partial charge on any atom is 0.217 e. The fourth-order valence-corrected chi connectivity index (χ4v) is 2.88. The quantitative estimate of drug-likeness (QED) is 0.889. The van der Waals surface area contributed by atoms with E-state index in [2.05, 4.69) is 12.1 Å². The van der Waals surface area contributed by atoms with E-state index in [4.69, 9.17) is 10.5 Å². The number of primary amides is 1. The molecule has 0 saturated heterocycles. The van der Waals surface area contributed by atoms with Crippen molar-refractivity contribution in [3.63, 3.8) is 0 Å². The Morgan fingerprint density at radius 1 is 1.33 bits per heavy atom. The first-order valence-corrected chi connectivity index (χ1v) is 6.61. The molecule has 0 spiro atoms. The molecule has 98 valence electrons. The highest BCUT2D eigenvalue weighted by atomic mass is 16.5. The van der Waals surface area contributed by atoms with E-state index in [9.17, 15) is 4.79 Å². The van der Waals surface area contributed by atoms with Gasteiger partial charge in [0.05, 0.1) is 7.11 Å². The Morgan fingerprint density at radius 3 is 2.67 bits per heavy atom. The Bertz CT molecular complexity index is 409. The summed E-state index contributed by atoms with van der Waals surface area (Å²) in [7, 11) is 1.70. The second-order valence-electron chi connectivity index (χ2n) is 5.16. The van der Waals surface area contributed by atoms with E-state index in [1.165, 1.54) is 5.56 Å². The summed E-state index contributed by atoms with van der Waals surface area (Å²) in [4.78, 5) is 10.9. The molecule has 3 nitrogen and oxygen atoms in total. The molecule has 0 bridgehead atoms. The van der Waals surface area contributed by atoms with Gasteiger partial charge in [0.25, 0.3) is 0 Å². The highest BCUT2D eigenvalue weighted by Gasteiger charge is 2.23. The summed E-state index contributed by atoms with van der Waals surface area (Å²) in [6.07, 6.45) is 5.04. The van der Waals surface area contributed by atoms with Gasteiger partial charge in [0.2, 0.25) is 5.91 Å². The molecule has 0 aliphatic heterocycles. The van der Waals surface area contributed by atoms with Gasteiger partial charge >= 0.3 is 0 Å². The maximum atomic E-state index is 10.9. The molecule has 2 rings (SSSR count). The molecular weight excluding hydrogens is 226 g/mol. The maximum absolute atomic E-state index is 10.9. The SMILES string of the molecule is COc1cccc(C2CCC(CC(N)=O)CC2)c1. The minimum Gasteiger partial charge on any atom is -0.497 e. The second-order valence-corrected chi connectivity index (χ2v) is 5.16. The van der Waals surface area contributed by atoms with Crippen LogP contribution >= 0.6 is 0 Å². The molecule has 2 N–H and O–H groups in total. The van der Waals surface area contributed by atoms with Crippen LogP contribution in [-0.2, 0) is 4.79 Å². The lowest BCUT2D eigenvalue weighted by atomic mass is 9.77. The predicted octanol–water partition coefficient (Wildman–Crippen LogP) is 2.84. The molecule has 1 aliphatic rings. The van der Waals surface area contributed by atoms with E-state index in [-0.39, 0.29) is 5.91 Å². The molecule has 0 unspecified atom stereocenters. The van der Waals surface area contributed by atoms with E-state index in [1.807, 2.05) is 12.1 Å². The van der Waals surface area contributed by atoms with Gasteiger partial charge in [0.1, 0.15) is 5.75 Å². The van der Waals surface area contributed by atoms with Crippen LogP contribution in [0.5, 0.6) is 5.75 Å². The highest BCUT2D eigenvalue weighted by molar-refractivity contribution is 5.73. The molecule has 0 atom stereocenters. The third kappa shape index (κ3) is 3.25. The van der Waals surface area contributed by atoms with E-state index in [0.717, 1.165) is 31.4 Å². The number of benzene rings is 1. The van der Waals surface area contributed by atoms with Crippen LogP contribution in [0.1, 0.15) is 43.6 Å². The summed E-state index contributed by atoms with van der Waals surface area (Å²) < 4.78 is 5.26. The molecule has 1 saturated carbocycles. The van der Waals surface area contributed by atoms with E-state index < -0.39 is 0 Å². The zero-order chi connectivity index (χ0) is 13.0. The van der Waals surface area contributed by atoms with E-state index in [1.54, 1.807) is 7.11 Å². The Balaban J connectivity index is 1.94. The molecule has 1 aliphatic carbocycles. The van der Waals surface area contributed by atoms with E-state index >= 15 is 0 Å². The monoisotopic (exact) mass is 247 g/mol. The average Bonchev–Trinajstić information content (AvgIpc) is 2.39. The van der Waals surface area contributed by atoms with Crippen molar-refractivity contribution in [2.75, 3.05) is 7.11 Å². The highest BCUT2D eigenvalue weighted by Crippen LogP contribution is 2.37. The molecular formula is C15H21NO2. The van der Waals surface area contributed by atoms with Crippen LogP contribution in [0.4, 0.5) is 0 Å². The van der Waals surface area contributed by atoms with Crippen LogP contribution < -0.4 is 10.5 Å². The van der Waals surface area contributed by atoms with Crippen LogP contribution in [0.2, 0.25) is 0 Å². The molecule has 0 heterocycles. The van der Waals surface area contributed by atoms with Crippen molar-refractivity contribution in [2.45, 2.75) is 38.0 Å². The fraction of sp³-hybridized carbons (Fsp3) is 0.533. The zero-order valence-corrected chi connectivity index (χ0v) is 10.9. The van der Waals surface area contributed by atoms with Crippen molar-refractivity contribution in [3.8, 4) is 5.75 Å². The van der Waals surface area contributed by atoms with Crippen molar-refractivity contribution in [3.05, 3.63) is 29.8 Å². The molecule has 1 aromatic carbocycles. The van der Waals surface area contributed by atoms with Gasteiger partial charge < -0.3 is 10.5 Å². The molecule has 3 heteroatoms. The number of hydrogen-bond acceptors (Lipinski definition) is 2. The van der Waals surface area contributed by atoms with Gasteiger partial charge in [-0.1, -0.05) is 12.1 Å². The number of carbonyl (C=O) groups excluding carboxylic acids is 1. The third-order valence-electron chi connectivity index (χ3n) is 3.90. The number of methoxy groups -OCH3 is 1. The Kier molecular flexibility index (Phi) is 4.24. The van der Waals surface area contributed by atoms with Gasteiger partial charge in [-0.25, -0.2) is 0 Å². The lowest BCUT2D eigenvalue weighted by Crippen LogP contribution is -2.20. The van der Waals surface area contributed by atoms with Gasteiger partial charge in [-0.05, 0) is 55.2 Å². The topological polar surface area (TPSA) is 52.3 Å². The van der Waals surface area contributed by atoms with Crippen LogP contribution in [-0.4, -0.2) is 13.0 Å². The van der Waals surface area contributed by atoms with Crippen molar-refractivity contribution >= 4 is 5.91 Å². The smallest absolute Gasteiger partial charge is 0.217 e. The first-order chi connectivity index (χ1) is 8.69. The van der Waals surface area contributed by atoms with Gasteiger partial charge in [0.15, 0.2) is 0 Å². The molecule has 18 heavy (non-hydrogen) atoms. The fourth-order valence-electron chi connectivity index (χ4n) is 2.88. The normalized spacial score (nSPS) is 23.6. The van der Waals surface area contributed by atoms with Crippen LogP contribution in [0, 0.1) is 5.92 Å². The minimum absolute atomic E-state index is 0.167. The first kappa shape index (κ1) is 12.9. The van der Waals surface area contributed by atoms with Crippen molar-refractivity contribution in [1.29, 1.82) is 0 Å². The Morgan fingerprint density at radius 2 is 2.06 bits per heavy atom. The lowest BCUT2D eigenvalue weighted by molar-refractivity contribution is -0.119. The van der Waals surface area contributed by atoms with Gasteiger partial charge in [-0.3, -0.25) is 4.79 Å². The number of rotatable bonds is 4. The standard InChI is InChI=1S/C15H21NO2/c1-18-14-4-2-3-13(10-14)12-7-5-11(6-8-12)9-15(16)17/h2-4,10-12H,5-9H2,1H3,(H2,16,17). The zero-order valence-electron chi connectivity index (χ0n) is 10.9. The summed E-state index contributed by atoms with van der Waals surface area (Å²) in [5.74, 6) is 1.85. The number of ether oxygens (including phenoxy) is 1. The largest absolute Gasteiger partial charge is 0.497 e. The predicted molar refractivity (Wildman–Crippen MR) is 71.5 cm³/mol. The Labute approximate surface area is 108 Å². The molecule has 0 radical (unpaired) electrons. The molecule has 1 fully saturated rings. The summed E-state index contributed by atoms with van der Waals surface area (Å²) in [5, 5.41) is 0. The summed E-state index contributed by atoms with van der Waals surface area (Å²) in [5.41, 5.74) is 6.61. The summed E-state index contributed by atoms with van der Waals surface area (Å²) in [6.45, 7) is 0. The second kappa shape index (κ2) is 5.89. The van der Waals surface area contributed by atoms with Crippen LogP contribution in [0.3, 0.4) is 0 Å². The molecule has 1 amide bonds. The van der Waals surface area contributed by atoms with E-state index in [0.29, 0.717) is 18.3 Å². The van der Waals surface area contributed by atoms with Gasteiger partial charge in [-0.15, -0.1) is 0 Å². The number of hydrogen-bond donors (Lipinski definition) is 1. The third-order valence-corrected chi connectivity index (χ3v) is 3.90. The molecule has 0 aromatic heterocycles. The minimum atomic E-state index is -0.167. The van der Waals surface area contributed by atoms with Gasteiger partial charge in [0, 0.05) is 6.42 Å². The van der Waals surface area contributed by atoms with Gasteiger partial charge in [-0.2, -0.15) is 0 Å². The lowest BCUT2D eigenvalue weighted by Gasteiger charge is -2.28.